The molecule has 4 nitrogen and oxygen atoms in total. The van der Waals surface area contributed by atoms with Gasteiger partial charge in [-0.3, -0.25) is 10.1 Å². The number of carbonyl (C=O) groups excluding carboxylic acids is 1. The molecule has 1 aromatic carbocycles. The average molecular weight is 407 g/mol. The van der Waals surface area contributed by atoms with Crippen LogP contribution in [0.3, 0.4) is 0 Å². The number of hydrogen-bond donors (Lipinski definition) is 1. The summed E-state index contributed by atoms with van der Waals surface area (Å²) in [6.45, 7) is 1.33. The minimum atomic E-state index is -4.54. The first-order chi connectivity index (χ1) is 12.5. The van der Waals surface area contributed by atoms with Gasteiger partial charge in [0.1, 0.15) is 18.1 Å². The topological polar surface area (TPSA) is 45.5 Å². The van der Waals surface area contributed by atoms with E-state index in [1.54, 1.807) is 13.8 Å². The fourth-order valence-electron chi connectivity index (χ4n) is 2.54. The van der Waals surface area contributed by atoms with E-state index in [1.807, 2.05) is 0 Å². The second kappa shape index (κ2) is 8.31. The number of nitrogens with one attached hydrogen (secondary N) is 1. The first kappa shape index (κ1) is 21.2. The second-order valence-electron chi connectivity index (χ2n) is 6.55. The molecule has 1 aromatic heterocycles. The minimum absolute atomic E-state index is 0.155. The highest BCUT2D eigenvalue weighted by atomic mass is 35.5. The molecule has 0 radical (unpaired) electrons. The number of benzene rings is 1. The maximum atomic E-state index is 13.2. The Labute approximate surface area is 159 Å². The van der Waals surface area contributed by atoms with Gasteiger partial charge in [-0.15, -0.1) is 0 Å². The van der Waals surface area contributed by atoms with E-state index in [9.17, 15) is 22.4 Å². The van der Waals surface area contributed by atoms with Crippen LogP contribution >= 0.6 is 11.6 Å². The molecule has 0 unspecified atom stereocenters. The summed E-state index contributed by atoms with van der Waals surface area (Å²) in [5.41, 5.74) is -0.346. The van der Waals surface area contributed by atoms with Crippen molar-refractivity contribution in [2.45, 2.75) is 32.1 Å². The van der Waals surface area contributed by atoms with Gasteiger partial charge in [0.2, 0.25) is 5.91 Å². The third-order valence-electron chi connectivity index (χ3n) is 3.94. The number of rotatable bonds is 7. The highest BCUT2D eigenvalue weighted by molar-refractivity contribution is 6.31. The van der Waals surface area contributed by atoms with Crippen LogP contribution in [0.1, 0.15) is 25.2 Å². The van der Waals surface area contributed by atoms with Crippen LogP contribution in [0.2, 0.25) is 5.02 Å². The molecule has 27 heavy (non-hydrogen) atoms. The second-order valence-corrected chi connectivity index (χ2v) is 6.95. The van der Waals surface area contributed by atoms with Crippen LogP contribution in [0.25, 0.3) is 0 Å². The maximum Gasteiger partial charge on any atom is 0.406 e. The summed E-state index contributed by atoms with van der Waals surface area (Å²) in [4.78, 5) is 13.1. The van der Waals surface area contributed by atoms with Crippen LogP contribution < -0.4 is 5.32 Å². The summed E-state index contributed by atoms with van der Waals surface area (Å²) in [5.74, 6) is -1.02. The number of hydrogen-bond acceptors (Lipinski definition) is 3. The third kappa shape index (κ3) is 6.25. The zero-order valence-electron chi connectivity index (χ0n) is 14.7. The summed E-state index contributed by atoms with van der Waals surface area (Å²) in [5, 5.41) is 3.04. The predicted octanol–water partition coefficient (Wildman–Crippen LogP) is 4.49. The van der Waals surface area contributed by atoms with Crippen LogP contribution in [0.4, 0.5) is 17.6 Å². The lowest BCUT2D eigenvalue weighted by Crippen LogP contribution is -2.47. The molecule has 0 aliphatic rings. The van der Waals surface area contributed by atoms with Gasteiger partial charge in [-0.05, 0) is 43.7 Å². The quantitative estimate of drug-likeness (QED) is 0.689. The number of nitrogens with zero attached hydrogens (tertiary/aromatic N) is 1. The molecule has 0 saturated heterocycles. The van der Waals surface area contributed by atoms with E-state index in [1.165, 1.54) is 30.5 Å². The molecule has 0 bridgehead atoms. The van der Waals surface area contributed by atoms with Crippen LogP contribution in [-0.4, -0.2) is 30.1 Å². The normalized spacial score (nSPS) is 12.3. The third-order valence-corrected chi connectivity index (χ3v) is 4.25. The van der Waals surface area contributed by atoms with E-state index in [4.69, 9.17) is 16.0 Å². The van der Waals surface area contributed by atoms with E-state index in [2.05, 4.69) is 5.32 Å². The monoisotopic (exact) mass is 406 g/mol. The van der Waals surface area contributed by atoms with Crippen molar-refractivity contribution in [1.82, 2.24) is 10.2 Å². The fourth-order valence-corrected chi connectivity index (χ4v) is 2.94. The molecule has 0 spiro atoms. The lowest BCUT2D eigenvalue weighted by molar-refractivity contribution is -0.162. The molecule has 0 saturated carbocycles. The van der Waals surface area contributed by atoms with Gasteiger partial charge in [-0.2, -0.15) is 13.2 Å². The van der Waals surface area contributed by atoms with Crippen molar-refractivity contribution in [3.8, 4) is 0 Å². The molecular weight excluding hydrogens is 388 g/mol. The van der Waals surface area contributed by atoms with Gasteiger partial charge in [-0.25, -0.2) is 4.39 Å². The molecule has 9 heteroatoms. The van der Waals surface area contributed by atoms with Crippen LogP contribution in [0.5, 0.6) is 0 Å². The van der Waals surface area contributed by atoms with Crippen molar-refractivity contribution in [3.05, 3.63) is 58.8 Å². The van der Waals surface area contributed by atoms with E-state index in [0.717, 1.165) is 6.07 Å². The smallest absolute Gasteiger partial charge is 0.406 e. The highest BCUT2D eigenvalue weighted by Crippen LogP contribution is 2.28. The minimum Gasteiger partial charge on any atom is -0.467 e. The number of carbonyl (C=O) groups is 1. The summed E-state index contributed by atoms with van der Waals surface area (Å²) in [7, 11) is 0. The van der Waals surface area contributed by atoms with Crippen molar-refractivity contribution >= 4 is 17.5 Å². The molecule has 1 amide bonds. The summed E-state index contributed by atoms with van der Waals surface area (Å²) in [6.07, 6.45) is -3.22. The fraction of sp³-hybridized carbons (Fsp3) is 0.389. The van der Waals surface area contributed by atoms with E-state index < -0.39 is 30.0 Å². The Morgan fingerprint density at radius 1 is 1.26 bits per heavy atom. The zero-order valence-corrected chi connectivity index (χ0v) is 15.5. The van der Waals surface area contributed by atoms with Crippen molar-refractivity contribution in [1.29, 1.82) is 0 Å². The Morgan fingerprint density at radius 2 is 1.96 bits per heavy atom. The number of furan rings is 1. The van der Waals surface area contributed by atoms with Gasteiger partial charge in [0, 0.05) is 10.6 Å². The Balaban J connectivity index is 2.09. The first-order valence-electron chi connectivity index (χ1n) is 8.05. The molecule has 148 valence electrons. The number of amides is 1. The molecule has 2 aromatic rings. The molecule has 1 heterocycles. The summed E-state index contributed by atoms with van der Waals surface area (Å²) >= 11 is 6.04. The molecule has 0 fully saturated rings. The number of alkyl halides is 3. The lowest BCUT2D eigenvalue weighted by atomic mass is 9.94. The zero-order chi connectivity index (χ0) is 20.2. The largest absolute Gasteiger partial charge is 0.467 e. The first-order valence-corrected chi connectivity index (χ1v) is 8.43. The Morgan fingerprint density at radius 3 is 2.52 bits per heavy atom. The summed E-state index contributed by atoms with van der Waals surface area (Å²) < 4.78 is 56.7. The molecule has 0 aliphatic heterocycles. The van der Waals surface area contributed by atoms with Crippen LogP contribution in [0, 0.1) is 5.82 Å². The maximum absolute atomic E-state index is 13.2. The van der Waals surface area contributed by atoms with E-state index in [0.29, 0.717) is 10.5 Å². The van der Waals surface area contributed by atoms with E-state index >= 15 is 0 Å². The molecule has 0 atom stereocenters. The van der Waals surface area contributed by atoms with Crippen molar-refractivity contribution in [3.63, 3.8) is 0 Å². The molecular formula is C18H19ClF4N2O2. The summed E-state index contributed by atoms with van der Waals surface area (Å²) in [6, 6.07) is 6.84. The van der Waals surface area contributed by atoms with Gasteiger partial charge >= 0.3 is 6.18 Å². The van der Waals surface area contributed by atoms with Gasteiger partial charge in [0.15, 0.2) is 0 Å². The van der Waals surface area contributed by atoms with Crippen molar-refractivity contribution < 1.29 is 26.8 Å². The Hall–Kier alpha value is -2.06. The van der Waals surface area contributed by atoms with Crippen LogP contribution in [0.15, 0.2) is 41.0 Å². The van der Waals surface area contributed by atoms with Crippen molar-refractivity contribution in [2.75, 3.05) is 13.1 Å². The van der Waals surface area contributed by atoms with Crippen molar-refractivity contribution in [2.24, 2.45) is 0 Å². The van der Waals surface area contributed by atoms with Gasteiger partial charge in [0.05, 0.1) is 19.4 Å². The lowest BCUT2D eigenvalue weighted by Gasteiger charge is -2.30. The molecule has 1 N–H and O–H groups in total. The van der Waals surface area contributed by atoms with Gasteiger partial charge in [-0.1, -0.05) is 17.7 Å². The number of halogens is 5. The molecule has 0 aliphatic carbocycles. The average Bonchev–Trinajstić information content (AvgIpc) is 3.03. The Kier molecular flexibility index (Phi) is 6.54. The standard InChI is InChI=1S/C18H19ClF4N2O2/c1-17(2,14-6-5-12(20)8-15(14)19)24-9-16(26)25(11-18(21,22)23)10-13-4-3-7-27-13/h3-8,24H,9-11H2,1-2H3. The molecule has 2 rings (SSSR count). The predicted molar refractivity (Wildman–Crippen MR) is 92.6 cm³/mol. The Bertz CT molecular complexity index is 776. The SMILES string of the molecule is CC(C)(NCC(=O)N(Cc1ccco1)CC(F)(F)F)c1ccc(F)cc1Cl. The highest BCUT2D eigenvalue weighted by Gasteiger charge is 2.34. The van der Waals surface area contributed by atoms with E-state index in [-0.39, 0.29) is 23.9 Å². The van der Waals surface area contributed by atoms with Gasteiger partial charge < -0.3 is 9.32 Å². The van der Waals surface area contributed by atoms with Crippen LogP contribution in [-0.2, 0) is 16.9 Å². The van der Waals surface area contributed by atoms with Gasteiger partial charge in [0.25, 0.3) is 0 Å².